The Morgan fingerprint density at radius 3 is 2.64 bits per heavy atom. The van der Waals surface area contributed by atoms with Crippen molar-refractivity contribution in [3.05, 3.63) is 23.5 Å². The third-order valence-electron chi connectivity index (χ3n) is 2.55. The summed E-state index contributed by atoms with van der Waals surface area (Å²) in [5.41, 5.74) is 0.314. The fraction of sp³-hybridized carbons (Fsp3) is 0.545. The second-order valence-corrected chi connectivity index (χ2v) is 3.61. The highest BCUT2D eigenvalue weighted by Gasteiger charge is 2.39. The molecule has 3 nitrogen and oxygen atoms in total. The maximum Gasteiger partial charge on any atom is 0.323 e. The Hall–Kier alpha value is -1.25. The highest BCUT2D eigenvalue weighted by molar-refractivity contribution is 5.82. The molecule has 0 aromatic rings. The lowest BCUT2D eigenvalue weighted by Gasteiger charge is -2.29. The first kappa shape index (κ1) is 10.8. The first-order valence-corrected chi connectivity index (χ1v) is 4.56. The molecule has 1 aliphatic rings. The van der Waals surface area contributed by atoms with E-state index >= 15 is 0 Å². The minimum absolute atomic E-state index is 0.287. The number of esters is 1. The van der Waals surface area contributed by atoms with Crippen molar-refractivity contribution >= 4 is 5.97 Å². The zero-order chi connectivity index (χ0) is 10.8. The van der Waals surface area contributed by atoms with E-state index in [9.17, 15) is 4.79 Å². The molecule has 1 aliphatic carbocycles. The molecule has 0 saturated heterocycles. The van der Waals surface area contributed by atoms with Crippen LogP contribution in [0.25, 0.3) is 0 Å². The Balaban J connectivity index is 3.12. The van der Waals surface area contributed by atoms with Gasteiger partial charge in [-0.25, -0.2) is 0 Å². The molecule has 0 aromatic heterocycles. The summed E-state index contributed by atoms with van der Waals surface area (Å²) in [6, 6.07) is 0. The molecule has 0 aromatic carbocycles. The van der Waals surface area contributed by atoms with E-state index in [2.05, 4.69) is 0 Å². The van der Waals surface area contributed by atoms with Crippen LogP contribution >= 0.6 is 0 Å². The van der Waals surface area contributed by atoms with E-state index in [1.165, 1.54) is 7.11 Å². The maximum atomic E-state index is 11.6. The van der Waals surface area contributed by atoms with E-state index in [0.717, 1.165) is 12.0 Å². The summed E-state index contributed by atoms with van der Waals surface area (Å²) in [6.45, 7) is 3.76. The molecule has 1 atom stereocenters. The summed E-state index contributed by atoms with van der Waals surface area (Å²) in [5, 5.41) is 0. The van der Waals surface area contributed by atoms with E-state index in [0.29, 0.717) is 5.76 Å². The Morgan fingerprint density at radius 2 is 2.14 bits per heavy atom. The van der Waals surface area contributed by atoms with Gasteiger partial charge in [0.05, 0.1) is 14.2 Å². The van der Waals surface area contributed by atoms with Crippen LogP contribution in [0, 0.1) is 5.41 Å². The number of ether oxygens (including phenoxy) is 2. The Labute approximate surface area is 84.4 Å². The van der Waals surface area contributed by atoms with Crippen LogP contribution in [-0.2, 0) is 14.3 Å². The third-order valence-corrected chi connectivity index (χ3v) is 2.55. The molecule has 1 unspecified atom stereocenters. The zero-order valence-electron chi connectivity index (χ0n) is 9.09. The number of hydrogen-bond acceptors (Lipinski definition) is 3. The monoisotopic (exact) mass is 196 g/mol. The van der Waals surface area contributed by atoms with Crippen LogP contribution in [0.3, 0.4) is 0 Å². The lowest BCUT2D eigenvalue weighted by Crippen LogP contribution is -2.32. The number of rotatable bonds is 2. The van der Waals surface area contributed by atoms with Crippen molar-refractivity contribution in [2.45, 2.75) is 20.3 Å². The van der Waals surface area contributed by atoms with Crippen LogP contribution < -0.4 is 0 Å². The van der Waals surface area contributed by atoms with Crippen molar-refractivity contribution in [1.82, 2.24) is 0 Å². The first-order valence-electron chi connectivity index (χ1n) is 4.56. The van der Waals surface area contributed by atoms with Gasteiger partial charge in [-0.05, 0) is 25.8 Å². The van der Waals surface area contributed by atoms with E-state index in [-0.39, 0.29) is 5.97 Å². The molecule has 0 N–H and O–H groups in total. The van der Waals surface area contributed by atoms with Crippen LogP contribution in [0.5, 0.6) is 0 Å². The molecular weight excluding hydrogens is 180 g/mol. The summed E-state index contributed by atoms with van der Waals surface area (Å²) in [4.78, 5) is 11.6. The highest BCUT2D eigenvalue weighted by atomic mass is 16.5. The van der Waals surface area contributed by atoms with Gasteiger partial charge in [0, 0.05) is 0 Å². The van der Waals surface area contributed by atoms with Crippen molar-refractivity contribution in [2.24, 2.45) is 5.41 Å². The van der Waals surface area contributed by atoms with E-state index in [1.807, 2.05) is 19.1 Å². The second kappa shape index (κ2) is 3.86. The van der Waals surface area contributed by atoms with Crippen molar-refractivity contribution in [3.63, 3.8) is 0 Å². The molecule has 0 heterocycles. The van der Waals surface area contributed by atoms with Gasteiger partial charge in [-0.3, -0.25) is 4.79 Å². The SMILES string of the molecule is COC(=O)C1(C)C=CCC(C)=C1OC. The molecule has 0 aliphatic heterocycles. The van der Waals surface area contributed by atoms with Crippen molar-refractivity contribution in [2.75, 3.05) is 14.2 Å². The Bertz CT molecular complexity index is 302. The highest BCUT2D eigenvalue weighted by Crippen LogP contribution is 2.37. The largest absolute Gasteiger partial charge is 0.500 e. The Morgan fingerprint density at radius 1 is 1.50 bits per heavy atom. The molecule has 3 heteroatoms. The van der Waals surface area contributed by atoms with Gasteiger partial charge >= 0.3 is 5.97 Å². The normalized spacial score (nSPS) is 26.3. The van der Waals surface area contributed by atoms with E-state index in [4.69, 9.17) is 9.47 Å². The minimum Gasteiger partial charge on any atom is -0.500 e. The van der Waals surface area contributed by atoms with Crippen molar-refractivity contribution < 1.29 is 14.3 Å². The fourth-order valence-electron chi connectivity index (χ4n) is 1.84. The number of carbonyl (C=O) groups is 1. The van der Waals surface area contributed by atoms with E-state index < -0.39 is 5.41 Å². The number of allylic oxidation sites excluding steroid dienone is 2. The standard InChI is InChI=1S/C11H16O3/c1-8-6-5-7-11(2,9(8)13-3)10(12)14-4/h5,7H,6H2,1-4H3. The van der Waals surface area contributed by atoms with Gasteiger partial charge < -0.3 is 9.47 Å². The Kier molecular flexibility index (Phi) is 2.99. The molecule has 1 rings (SSSR count). The van der Waals surface area contributed by atoms with Gasteiger partial charge in [0.15, 0.2) is 0 Å². The predicted molar refractivity (Wildman–Crippen MR) is 53.6 cm³/mol. The van der Waals surface area contributed by atoms with Crippen LogP contribution in [0.2, 0.25) is 0 Å². The van der Waals surface area contributed by atoms with Gasteiger partial charge in [-0.1, -0.05) is 12.2 Å². The van der Waals surface area contributed by atoms with Crippen LogP contribution in [0.15, 0.2) is 23.5 Å². The van der Waals surface area contributed by atoms with Crippen LogP contribution in [0.1, 0.15) is 20.3 Å². The molecule has 0 bridgehead atoms. The first-order chi connectivity index (χ1) is 6.56. The number of methoxy groups -OCH3 is 2. The van der Waals surface area contributed by atoms with Gasteiger partial charge in [-0.15, -0.1) is 0 Å². The summed E-state index contributed by atoms with van der Waals surface area (Å²) in [7, 11) is 2.97. The summed E-state index contributed by atoms with van der Waals surface area (Å²) >= 11 is 0. The summed E-state index contributed by atoms with van der Waals surface area (Å²) in [5.74, 6) is 0.413. The van der Waals surface area contributed by atoms with Gasteiger partial charge in [0.1, 0.15) is 11.2 Å². The van der Waals surface area contributed by atoms with Crippen molar-refractivity contribution in [1.29, 1.82) is 0 Å². The summed E-state index contributed by atoms with van der Waals surface area (Å²) < 4.78 is 10.0. The lowest BCUT2D eigenvalue weighted by atomic mass is 9.81. The molecule has 0 fully saturated rings. The van der Waals surface area contributed by atoms with Crippen LogP contribution in [-0.4, -0.2) is 20.2 Å². The third kappa shape index (κ3) is 1.54. The molecule has 0 saturated carbocycles. The number of hydrogen-bond donors (Lipinski definition) is 0. The smallest absolute Gasteiger partial charge is 0.323 e. The molecule has 14 heavy (non-hydrogen) atoms. The minimum atomic E-state index is -0.758. The molecule has 0 spiro atoms. The average molecular weight is 196 g/mol. The fourth-order valence-corrected chi connectivity index (χ4v) is 1.84. The topological polar surface area (TPSA) is 35.5 Å². The lowest BCUT2D eigenvalue weighted by molar-refractivity contribution is -0.148. The van der Waals surface area contributed by atoms with Gasteiger partial charge in [0.25, 0.3) is 0 Å². The average Bonchev–Trinajstić information content (AvgIpc) is 2.17. The van der Waals surface area contributed by atoms with E-state index in [1.54, 1.807) is 14.0 Å². The zero-order valence-corrected chi connectivity index (χ0v) is 9.09. The van der Waals surface area contributed by atoms with Gasteiger partial charge in [0.2, 0.25) is 0 Å². The molecule has 0 radical (unpaired) electrons. The van der Waals surface area contributed by atoms with Crippen LogP contribution in [0.4, 0.5) is 0 Å². The quantitative estimate of drug-likeness (QED) is 0.501. The molecular formula is C11H16O3. The second-order valence-electron chi connectivity index (χ2n) is 3.61. The maximum absolute atomic E-state index is 11.6. The summed E-state index contributed by atoms with van der Waals surface area (Å²) in [6.07, 6.45) is 4.63. The molecule has 78 valence electrons. The van der Waals surface area contributed by atoms with Crippen molar-refractivity contribution in [3.8, 4) is 0 Å². The predicted octanol–water partition coefficient (Wildman–Crippen LogP) is 2.05. The van der Waals surface area contributed by atoms with Gasteiger partial charge in [-0.2, -0.15) is 0 Å². The molecule has 0 amide bonds. The number of carbonyl (C=O) groups excluding carboxylic acids is 1.